The molecule has 1 amide bonds. The molecule has 22 heavy (non-hydrogen) atoms. The van der Waals surface area contributed by atoms with Crippen LogP contribution in [0, 0.1) is 0 Å². The lowest BCUT2D eigenvalue weighted by atomic mass is 10.1. The average Bonchev–Trinajstić information content (AvgIpc) is 2.86. The summed E-state index contributed by atoms with van der Waals surface area (Å²) in [6, 6.07) is 4.40. The number of ether oxygens (including phenoxy) is 2. The third-order valence-electron chi connectivity index (χ3n) is 3.37. The third-order valence-corrected chi connectivity index (χ3v) is 3.37. The van der Waals surface area contributed by atoms with Gasteiger partial charge in [0.15, 0.2) is 0 Å². The quantitative estimate of drug-likeness (QED) is 0.873. The van der Waals surface area contributed by atoms with Gasteiger partial charge in [0.05, 0.1) is 23.5 Å². The summed E-state index contributed by atoms with van der Waals surface area (Å²) in [6.07, 6.45) is 0.964. The molecule has 2 unspecified atom stereocenters. The first kappa shape index (κ1) is 16.3. The highest BCUT2D eigenvalue weighted by molar-refractivity contribution is 5.97. The molecule has 120 valence electrons. The molecule has 6 nitrogen and oxygen atoms in total. The molecule has 0 spiro atoms. The molecule has 0 aromatic heterocycles. The fourth-order valence-electron chi connectivity index (χ4n) is 2.33. The predicted octanol–water partition coefficient (Wildman–Crippen LogP) is 2.68. The topological polar surface area (TPSA) is 84.9 Å². The van der Waals surface area contributed by atoms with Crippen LogP contribution in [0.5, 0.6) is 5.75 Å². The molecule has 0 aliphatic carbocycles. The Morgan fingerprint density at radius 1 is 1.36 bits per heavy atom. The number of rotatable bonds is 5. The van der Waals surface area contributed by atoms with Crippen molar-refractivity contribution in [2.24, 2.45) is 0 Å². The van der Waals surface area contributed by atoms with Crippen molar-refractivity contribution in [1.29, 1.82) is 0 Å². The van der Waals surface area contributed by atoms with Crippen molar-refractivity contribution in [1.82, 2.24) is 0 Å². The minimum atomic E-state index is -1.06. The first-order valence-corrected chi connectivity index (χ1v) is 7.37. The molecule has 0 saturated carbocycles. The highest BCUT2D eigenvalue weighted by atomic mass is 16.5. The molecule has 0 radical (unpaired) electrons. The van der Waals surface area contributed by atoms with Crippen LogP contribution >= 0.6 is 0 Å². The Kier molecular flexibility index (Phi) is 5.03. The lowest BCUT2D eigenvalue weighted by Gasteiger charge is -2.17. The van der Waals surface area contributed by atoms with Gasteiger partial charge >= 0.3 is 5.97 Å². The van der Waals surface area contributed by atoms with E-state index < -0.39 is 12.1 Å². The van der Waals surface area contributed by atoms with E-state index in [2.05, 4.69) is 5.32 Å². The number of carboxylic acids is 1. The summed E-state index contributed by atoms with van der Waals surface area (Å²) in [5.41, 5.74) is 0.439. The third kappa shape index (κ3) is 3.98. The summed E-state index contributed by atoms with van der Waals surface area (Å²) >= 11 is 0. The largest absolute Gasteiger partial charge is 0.489 e. The second-order valence-electron chi connectivity index (χ2n) is 5.68. The smallest absolute Gasteiger partial charge is 0.335 e. The summed E-state index contributed by atoms with van der Waals surface area (Å²) in [6.45, 7) is 5.64. The standard InChI is InChI=1S/C16H21NO5/c1-9(2)21-13-7-5-11(16(19)20)8-12(13)17-15(18)14-6-4-10(3)22-14/h5,7-10,14H,4,6H2,1-3H3,(H,17,18)(H,19,20). The van der Waals surface area contributed by atoms with Gasteiger partial charge in [-0.3, -0.25) is 4.79 Å². The van der Waals surface area contributed by atoms with Crippen molar-refractivity contribution in [2.75, 3.05) is 5.32 Å². The number of carbonyl (C=O) groups is 2. The van der Waals surface area contributed by atoms with Crippen LogP contribution in [-0.4, -0.2) is 35.3 Å². The number of carboxylic acid groups (broad SMARTS) is 1. The van der Waals surface area contributed by atoms with E-state index >= 15 is 0 Å². The lowest BCUT2D eigenvalue weighted by molar-refractivity contribution is -0.126. The van der Waals surface area contributed by atoms with Gasteiger partial charge in [0.1, 0.15) is 11.9 Å². The highest BCUT2D eigenvalue weighted by Gasteiger charge is 2.28. The Balaban J connectivity index is 2.20. The number of benzene rings is 1. The van der Waals surface area contributed by atoms with Gasteiger partial charge in [-0.1, -0.05) is 0 Å². The number of carbonyl (C=O) groups excluding carboxylic acids is 1. The first-order valence-electron chi connectivity index (χ1n) is 7.37. The van der Waals surface area contributed by atoms with E-state index in [4.69, 9.17) is 14.6 Å². The number of hydrogen-bond acceptors (Lipinski definition) is 4. The van der Waals surface area contributed by atoms with Gasteiger partial charge in [-0.15, -0.1) is 0 Å². The van der Waals surface area contributed by atoms with Gasteiger partial charge in [0.25, 0.3) is 5.91 Å². The maximum atomic E-state index is 12.2. The fraction of sp³-hybridized carbons (Fsp3) is 0.500. The van der Waals surface area contributed by atoms with Gasteiger partial charge in [0, 0.05) is 0 Å². The van der Waals surface area contributed by atoms with Crippen LogP contribution in [0.2, 0.25) is 0 Å². The second-order valence-corrected chi connectivity index (χ2v) is 5.68. The lowest BCUT2D eigenvalue weighted by Crippen LogP contribution is -2.28. The molecule has 2 N–H and O–H groups in total. The van der Waals surface area contributed by atoms with Gasteiger partial charge in [-0.25, -0.2) is 4.79 Å². The zero-order valence-electron chi connectivity index (χ0n) is 13.0. The van der Waals surface area contributed by atoms with E-state index in [0.29, 0.717) is 17.9 Å². The van der Waals surface area contributed by atoms with E-state index in [1.54, 1.807) is 6.07 Å². The van der Waals surface area contributed by atoms with Gasteiger partial charge in [-0.2, -0.15) is 0 Å². The molecule has 6 heteroatoms. The van der Waals surface area contributed by atoms with Crippen LogP contribution in [0.25, 0.3) is 0 Å². The molecule has 2 atom stereocenters. The van der Waals surface area contributed by atoms with Crippen LogP contribution in [-0.2, 0) is 9.53 Å². The molecule has 2 rings (SSSR count). The zero-order valence-corrected chi connectivity index (χ0v) is 13.0. The van der Waals surface area contributed by atoms with E-state index in [-0.39, 0.29) is 23.7 Å². The molecule has 1 aliphatic rings. The molecule has 1 heterocycles. The minimum absolute atomic E-state index is 0.0625. The van der Waals surface area contributed by atoms with Crippen molar-refractivity contribution in [2.45, 2.75) is 51.9 Å². The zero-order chi connectivity index (χ0) is 16.3. The Labute approximate surface area is 129 Å². The van der Waals surface area contributed by atoms with Crippen LogP contribution < -0.4 is 10.1 Å². The van der Waals surface area contributed by atoms with Crippen LogP contribution in [0.1, 0.15) is 44.0 Å². The Morgan fingerprint density at radius 2 is 2.09 bits per heavy atom. The first-order chi connectivity index (χ1) is 10.4. The monoisotopic (exact) mass is 307 g/mol. The van der Waals surface area contributed by atoms with E-state index in [1.165, 1.54) is 12.1 Å². The van der Waals surface area contributed by atoms with E-state index in [9.17, 15) is 9.59 Å². The minimum Gasteiger partial charge on any atom is -0.489 e. The summed E-state index contributed by atoms with van der Waals surface area (Å²) in [5, 5.41) is 11.8. The maximum Gasteiger partial charge on any atom is 0.335 e. The molecule has 1 fully saturated rings. The molecular weight excluding hydrogens is 286 g/mol. The van der Waals surface area contributed by atoms with Crippen LogP contribution in [0.4, 0.5) is 5.69 Å². The summed E-state index contributed by atoms with van der Waals surface area (Å²) in [7, 11) is 0. The Hall–Kier alpha value is -2.08. The fourth-order valence-corrected chi connectivity index (χ4v) is 2.33. The van der Waals surface area contributed by atoms with Crippen molar-refractivity contribution < 1.29 is 24.2 Å². The number of amides is 1. The van der Waals surface area contributed by atoms with Crippen molar-refractivity contribution in [3.05, 3.63) is 23.8 Å². The van der Waals surface area contributed by atoms with Gasteiger partial charge in [-0.05, 0) is 51.8 Å². The summed E-state index contributed by atoms with van der Waals surface area (Å²) in [4.78, 5) is 23.3. The van der Waals surface area contributed by atoms with Crippen molar-refractivity contribution >= 4 is 17.6 Å². The molecular formula is C16H21NO5. The second kappa shape index (κ2) is 6.79. The normalized spacial score (nSPS) is 20.9. The van der Waals surface area contributed by atoms with Crippen LogP contribution in [0.3, 0.4) is 0 Å². The molecule has 0 bridgehead atoms. The highest BCUT2D eigenvalue weighted by Crippen LogP contribution is 2.28. The Bertz CT molecular complexity index is 570. The number of anilines is 1. The van der Waals surface area contributed by atoms with Crippen LogP contribution in [0.15, 0.2) is 18.2 Å². The van der Waals surface area contributed by atoms with Crippen molar-refractivity contribution in [3.8, 4) is 5.75 Å². The summed E-state index contributed by atoms with van der Waals surface area (Å²) < 4.78 is 11.1. The van der Waals surface area contributed by atoms with E-state index in [1.807, 2.05) is 20.8 Å². The van der Waals surface area contributed by atoms with E-state index in [0.717, 1.165) is 6.42 Å². The summed E-state index contributed by atoms with van der Waals surface area (Å²) in [5.74, 6) is -0.891. The molecule has 1 aromatic carbocycles. The van der Waals surface area contributed by atoms with Gasteiger partial charge in [0.2, 0.25) is 0 Å². The SMILES string of the molecule is CC(C)Oc1ccc(C(=O)O)cc1NC(=O)C1CCC(C)O1. The Morgan fingerprint density at radius 3 is 2.64 bits per heavy atom. The number of aromatic carboxylic acids is 1. The van der Waals surface area contributed by atoms with Gasteiger partial charge < -0.3 is 19.9 Å². The molecule has 1 aromatic rings. The number of hydrogen-bond donors (Lipinski definition) is 2. The molecule has 1 aliphatic heterocycles. The van der Waals surface area contributed by atoms with Crippen molar-refractivity contribution in [3.63, 3.8) is 0 Å². The number of nitrogens with one attached hydrogen (secondary N) is 1. The average molecular weight is 307 g/mol. The maximum absolute atomic E-state index is 12.2. The predicted molar refractivity (Wildman–Crippen MR) is 81.4 cm³/mol. The molecule has 1 saturated heterocycles.